The molecule has 0 aliphatic rings. The third kappa shape index (κ3) is 2.32. The number of H-pyrrole nitrogens is 1. The van der Waals surface area contributed by atoms with Crippen LogP contribution in [-0.2, 0) is 0 Å². The molecule has 94 valence electrons. The number of nitrogens with one attached hydrogen (secondary N) is 2. The zero-order chi connectivity index (χ0) is 13.1. The van der Waals surface area contributed by atoms with Crippen molar-refractivity contribution in [2.75, 3.05) is 5.32 Å². The van der Waals surface area contributed by atoms with E-state index in [4.69, 9.17) is 4.52 Å². The summed E-state index contributed by atoms with van der Waals surface area (Å²) in [5, 5.41) is 12.6. The predicted octanol–water partition coefficient (Wildman–Crippen LogP) is 1.11. The summed E-state index contributed by atoms with van der Waals surface area (Å²) in [7, 11) is 0. The monoisotopic (exact) mass is 256 g/mol. The third-order valence-corrected chi connectivity index (χ3v) is 2.31. The van der Waals surface area contributed by atoms with Crippen molar-refractivity contribution in [2.24, 2.45) is 0 Å². The lowest BCUT2D eigenvalue weighted by molar-refractivity contribution is 0.101. The Morgan fingerprint density at radius 1 is 1.32 bits per heavy atom. The molecule has 0 spiro atoms. The average Bonchev–Trinajstić information content (AvgIpc) is 3.10. The number of nitrogens with zero attached hydrogens (tertiary/aromatic N) is 4. The van der Waals surface area contributed by atoms with Crippen molar-refractivity contribution in [1.82, 2.24) is 25.3 Å². The van der Waals surface area contributed by atoms with Gasteiger partial charge in [-0.05, 0) is 0 Å². The Labute approximate surface area is 106 Å². The first-order valence-electron chi connectivity index (χ1n) is 5.36. The van der Waals surface area contributed by atoms with E-state index in [2.05, 4.69) is 30.6 Å². The van der Waals surface area contributed by atoms with E-state index in [-0.39, 0.29) is 11.6 Å². The maximum absolute atomic E-state index is 11.8. The fourth-order valence-electron chi connectivity index (χ4n) is 1.44. The summed E-state index contributed by atoms with van der Waals surface area (Å²) in [5.74, 6) is -0.00858. The third-order valence-electron chi connectivity index (χ3n) is 2.31. The number of carbonyl (C=O) groups excluding carboxylic acids is 1. The van der Waals surface area contributed by atoms with Gasteiger partial charge in [-0.25, -0.2) is 4.98 Å². The van der Waals surface area contributed by atoms with Crippen LogP contribution in [0, 0.1) is 0 Å². The molecule has 0 unspecified atom stereocenters. The molecule has 19 heavy (non-hydrogen) atoms. The number of hydrogen-bond donors (Lipinski definition) is 2. The van der Waals surface area contributed by atoms with Gasteiger partial charge in [0.15, 0.2) is 11.5 Å². The van der Waals surface area contributed by atoms with Crippen LogP contribution in [0.15, 0.2) is 41.6 Å². The van der Waals surface area contributed by atoms with E-state index in [0.29, 0.717) is 17.1 Å². The van der Waals surface area contributed by atoms with Gasteiger partial charge in [-0.3, -0.25) is 14.9 Å². The Balaban J connectivity index is 1.80. The van der Waals surface area contributed by atoms with Gasteiger partial charge in [0.1, 0.15) is 5.69 Å². The van der Waals surface area contributed by atoms with Gasteiger partial charge >= 0.3 is 0 Å². The van der Waals surface area contributed by atoms with Crippen LogP contribution >= 0.6 is 0 Å². The van der Waals surface area contributed by atoms with Crippen LogP contribution in [0.2, 0.25) is 0 Å². The minimum atomic E-state index is -0.389. The zero-order valence-electron chi connectivity index (χ0n) is 9.57. The smallest absolute Gasteiger partial charge is 0.277 e. The number of amides is 1. The van der Waals surface area contributed by atoms with E-state index >= 15 is 0 Å². The Bertz CT molecular complexity index is 676. The molecule has 8 nitrogen and oxygen atoms in total. The summed E-state index contributed by atoms with van der Waals surface area (Å²) in [5.41, 5.74) is 1.22. The van der Waals surface area contributed by atoms with Crippen LogP contribution in [0.5, 0.6) is 0 Å². The molecule has 0 aliphatic heterocycles. The molecule has 3 aromatic rings. The van der Waals surface area contributed by atoms with Crippen LogP contribution in [-0.4, -0.2) is 31.2 Å². The summed E-state index contributed by atoms with van der Waals surface area (Å²) >= 11 is 0. The first-order valence-corrected chi connectivity index (χ1v) is 5.36. The van der Waals surface area contributed by atoms with Gasteiger partial charge in [0.25, 0.3) is 5.91 Å². The minimum absolute atomic E-state index is 0.154. The Morgan fingerprint density at radius 3 is 3.00 bits per heavy atom. The molecule has 8 heteroatoms. The maximum atomic E-state index is 11.8. The van der Waals surface area contributed by atoms with E-state index in [9.17, 15) is 4.79 Å². The first-order chi connectivity index (χ1) is 9.33. The second kappa shape index (κ2) is 4.69. The Morgan fingerprint density at radius 2 is 2.26 bits per heavy atom. The number of aromatic nitrogens is 5. The Hall–Kier alpha value is -3.03. The average molecular weight is 256 g/mol. The molecule has 0 saturated carbocycles. The highest BCUT2D eigenvalue weighted by atomic mass is 16.5. The maximum Gasteiger partial charge on any atom is 0.277 e. The van der Waals surface area contributed by atoms with Crippen molar-refractivity contribution in [1.29, 1.82) is 0 Å². The second-order valence-corrected chi connectivity index (χ2v) is 3.61. The molecule has 0 atom stereocenters. The highest BCUT2D eigenvalue weighted by Gasteiger charge is 2.14. The highest BCUT2D eigenvalue weighted by molar-refractivity contribution is 6.03. The summed E-state index contributed by atoms with van der Waals surface area (Å²) in [6.45, 7) is 0. The lowest BCUT2D eigenvalue weighted by Crippen LogP contribution is -2.11. The fourth-order valence-corrected chi connectivity index (χ4v) is 1.44. The van der Waals surface area contributed by atoms with Crippen molar-refractivity contribution in [3.05, 3.63) is 42.7 Å². The molecular weight excluding hydrogens is 248 g/mol. The van der Waals surface area contributed by atoms with Gasteiger partial charge < -0.3 is 9.84 Å². The largest absolute Gasteiger partial charge is 0.354 e. The minimum Gasteiger partial charge on any atom is -0.354 e. The van der Waals surface area contributed by atoms with Crippen LogP contribution in [0.1, 0.15) is 10.5 Å². The molecule has 0 saturated heterocycles. The molecule has 0 aromatic carbocycles. The lowest BCUT2D eigenvalue weighted by Gasteiger charge is -1.96. The molecule has 1 amide bonds. The van der Waals surface area contributed by atoms with E-state index in [0.717, 1.165) is 0 Å². The van der Waals surface area contributed by atoms with Gasteiger partial charge in [0, 0.05) is 24.7 Å². The van der Waals surface area contributed by atoms with E-state index in [1.54, 1.807) is 12.4 Å². The predicted molar refractivity (Wildman–Crippen MR) is 64.1 cm³/mol. The van der Waals surface area contributed by atoms with Crippen LogP contribution < -0.4 is 5.32 Å². The molecule has 0 radical (unpaired) electrons. The summed E-state index contributed by atoms with van der Waals surface area (Å²) < 4.78 is 5.05. The first kappa shape index (κ1) is 11.1. The SMILES string of the molecule is O=C(Nc1cn[nH]c1)c1cc(-c2cnccn2)on1. The molecule has 0 bridgehead atoms. The number of aromatic amines is 1. The quantitative estimate of drug-likeness (QED) is 0.726. The van der Waals surface area contributed by atoms with Gasteiger partial charge in [0.05, 0.1) is 18.1 Å². The number of rotatable bonds is 3. The van der Waals surface area contributed by atoms with E-state index in [1.807, 2.05) is 0 Å². The topological polar surface area (TPSA) is 110 Å². The van der Waals surface area contributed by atoms with Crippen molar-refractivity contribution >= 4 is 11.6 Å². The molecule has 3 aromatic heterocycles. The summed E-state index contributed by atoms with van der Waals surface area (Å²) in [6, 6.07) is 1.50. The van der Waals surface area contributed by atoms with Crippen molar-refractivity contribution in [3.63, 3.8) is 0 Å². The molecular formula is C11H8N6O2. The summed E-state index contributed by atoms with van der Waals surface area (Å²) in [6.07, 6.45) is 7.65. The highest BCUT2D eigenvalue weighted by Crippen LogP contribution is 2.17. The normalized spacial score (nSPS) is 10.3. The van der Waals surface area contributed by atoms with Crippen molar-refractivity contribution in [3.8, 4) is 11.5 Å². The van der Waals surface area contributed by atoms with Crippen LogP contribution in [0.25, 0.3) is 11.5 Å². The Kier molecular flexibility index (Phi) is 2.73. The number of anilines is 1. The number of hydrogen-bond acceptors (Lipinski definition) is 6. The van der Waals surface area contributed by atoms with Gasteiger partial charge in [-0.15, -0.1) is 0 Å². The molecule has 0 fully saturated rings. The summed E-state index contributed by atoms with van der Waals surface area (Å²) in [4.78, 5) is 19.8. The fraction of sp³-hybridized carbons (Fsp3) is 0. The molecule has 3 heterocycles. The molecule has 3 rings (SSSR count). The molecule has 2 N–H and O–H groups in total. The zero-order valence-corrected chi connectivity index (χ0v) is 9.57. The van der Waals surface area contributed by atoms with Gasteiger partial charge in [-0.2, -0.15) is 5.10 Å². The van der Waals surface area contributed by atoms with E-state index in [1.165, 1.54) is 24.7 Å². The lowest BCUT2D eigenvalue weighted by atomic mass is 10.3. The van der Waals surface area contributed by atoms with Crippen molar-refractivity contribution in [2.45, 2.75) is 0 Å². The standard InChI is InChI=1S/C11H8N6O2/c18-11(16-7-4-14-15-5-7)8-3-10(19-17-8)9-6-12-1-2-13-9/h1-6H,(H,14,15)(H,16,18). The van der Waals surface area contributed by atoms with Gasteiger partial charge in [-0.1, -0.05) is 5.16 Å². The van der Waals surface area contributed by atoms with Gasteiger partial charge in [0.2, 0.25) is 0 Å². The van der Waals surface area contributed by atoms with Crippen LogP contribution in [0.3, 0.4) is 0 Å². The van der Waals surface area contributed by atoms with E-state index < -0.39 is 0 Å². The second-order valence-electron chi connectivity index (χ2n) is 3.61. The number of carbonyl (C=O) groups is 1. The van der Waals surface area contributed by atoms with Crippen molar-refractivity contribution < 1.29 is 9.32 Å². The van der Waals surface area contributed by atoms with Crippen LogP contribution in [0.4, 0.5) is 5.69 Å². The molecule has 0 aliphatic carbocycles.